The van der Waals surface area contributed by atoms with Crippen molar-refractivity contribution in [1.82, 2.24) is 14.9 Å². The molecule has 0 spiro atoms. The van der Waals surface area contributed by atoms with Gasteiger partial charge in [0.1, 0.15) is 0 Å². The third kappa shape index (κ3) is 4.13. The van der Waals surface area contributed by atoms with E-state index in [0.29, 0.717) is 27.6 Å². The Balaban J connectivity index is 1.89. The molecule has 5 nitrogen and oxygen atoms in total. The Kier molecular flexibility index (Phi) is 6.04. The highest BCUT2D eigenvalue weighted by Gasteiger charge is 2.23. The number of carbonyl (C=O) groups is 1. The van der Waals surface area contributed by atoms with Gasteiger partial charge in [0.15, 0.2) is 5.16 Å². The molecule has 1 aliphatic carbocycles. The lowest BCUT2D eigenvalue weighted by Crippen LogP contribution is -2.38. The molecule has 1 saturated carbocycles. The zero-order chi connectivity index (χ0) is 18.7. The Hall–Kier alpha value is -1.79. The lowest BCUT2D eigenvalue weighted by atomic mass is 10.2. The Labute approximate surface area is 161 Å². The van der Waals surface area contributed by atoms with Gasteiger partial charge in [-0.15, -0.1) is 6.58 Å². The molecule has 0 unspecified atom stereocenters. The van der Waals surface area contributed by atoms with E-state index in [0.717, 1.165) is 12.8 Å². The summed E-state index contributed by atoms with van der Waals surface area (Å²) in [4.78, 5) is 29.9. The average Bonchev–Trinajstić information content (AvgIpc) is 3.12. The molecule has 1 atom stereocenters. The van der Waals surface area contributed by atoms with Gasteiger partial charge in [-0.1, -0.05) is 42.3 Å². The molecular formula is C19H22ClN3O2S. The van der Waals surface area contributed by atoms with Crippen molar-refractivity contribution >= 4 is 40.2 Å². The number of benzene rings is 1. The fourth-order valence-electron chi connectivity index (χ4n) is 3.15. The molecule has 1 N–H and O–H groups in total. The van der Waals surface area contributed by atoms with Crippen molar-refractivity contribution in [2.75, 3.05) is 0 Å². The van der Waals surface area contributed by atoms with E-state index >= 15 is 0 Å². The van der Waals surface area contributed by atoms with E-state index in [4.69, 9.17) is 11.6 Å². The molecule has 1 amide bonds. The molecule has 1 aliphatic rings. The van der Waals surface area contributed by atoms with Crippen molar-refractivity contribution < 1.29 is 4.79 Å². The minimum atomic E-state index is -0.344. The third-order valence-electron chi connectivity index (χ3n) is 4.55. The fourth-order valence-corrected chi connectivity index (χ4v) is 4.25. The Morgan fingerprint density at radius 1 is 1.50 bits per heavy atom. The van der Waals surface area contributed by atoms with Crippen LogP contribution < -0.4 is 10.9 Å². The van der Waals surface area contributed by atoms with Crippen LogP contribution in [0.3, 0.4) is 0 Å². The fraction of sp³-hybridized carbons (Fsp3) is 0.421. The van der Waals surface area contributed by atoms with Gasteiger partial charge in [-0.2, -0.15) is 0 Å². The highest BCUT2D eigenvalue weighted by atomic mass is 35.5. The molecule has 2 aromatic rings. The molecule has 138 valence electrons. The first-order valence-corrected chi connectivity index (χ1v) is 10.0. The molecule has 0 aliphatic heterocycles. The van der Waals surface area contributed by atoms with Crippen LogP contribution in [0.15, 0.2) is 40.8 Å². The number of amides is 1. The molecule has 0 saturated heterocycles. The van der Waals surface area contributed by atoms with Crippen LogP contribution in [0.1, 0.15) is 32.6 Å². The van der Waals surface area contributed by atoms with E-state index in [1.807, 2.05) is 6.92 Å². The molecule has 1 fully saturated rings. The summed E-state index contributed by atoms with van der Waals surface area (Å²) in [5.74, 6) is -0.0162. The van der Waals surface area contributed by atoms with Crippen molar-refractivity contribution in [2.45, 2.75) is 55.6 Å². The molecule has 26 heavy (non-hydrogen) atoms. The lowest BCUT2D eigenvalue weighted by molar-refractivity contribution is -0.120. The van der Waals surface area contributed by atoms with Crippen LogP contribution in [-0.2, 0) is 11.3 Å². The Morgan fingerprint density at radius 3 is 2.92 bits per heavy atom. The number of nitrogens with one attached hydrogen (secondary N) is 1. The van der Waals surface area contributed by atoms with Crippen LogP contribution in [0.5, 0.6) is 0 Å². The van der Waals surface area contributed by atoms with Crippen LogP contribution >= 0.6 is 23.4 Å². The normalized spacial score (nSPS) is 15.9. The van der Waals surface area contributed by atoms with Crippen molar-refractivity contribution in [3.8, 4) is 0 Å². The van der Waals surface area contributed by atoms with Gasteiger partial charge in [-0.05, 0) is 38.0 Å². The SMILES string of the molecule is C=CCn1c(S[C@H](C)C(=O)NC2CCCC2)nc2ccc(Cl)cc2c1=O. The van der Waals surface area contributed by atoms with Crippen molar-refractivity contribution in [2.24, 2.45) is 0 Å². The van der Waals surface area contributed by atoms with Gasteiger partial charge in [0.05, 0.1) is 16.2 Å². The first-order valence-electron chi connectivity index (χ1n) is 8.77. The van der Waals surface area contributed by atoms with Gasteiger partial charge < -0.3 is 5.32 Å². The standard InChI is InChI=1S/C19H22ClN3O2S/c1-3-10-23-18(25)15-11-13(20)8-9-16(15)22-19(23)26-12(2)17(24)21-14-6-4-5-7-14/h3,8-9,11-12,14H,1,4-7,10H2,2H3,(H,21,24)/t12-/m1/s1. The molecule has 0 bridgehead atoms. The monoisotopic (exact) mass is 391 g/mol. The number of hydrogen-bond donors (Lipinski definition) is 1. The van der Waals surface area contributed by atoms with Gasteiger partial charge in [0, 0.05) is 17.6 Å². The zero-order valence-electron chi connectivity index (χ0n) is 14.7. The summed E-state index contributed by atoms with van der Waals surface area (Å²) in [6, 6.07) is 5.33. The second-order valence-corrected chi connectivity index (χ2v) is 8.25. The van der Waals surface area contributed by atoms with Gasteiger partial charge in [0.25, 0.3) is 5.56 Å². The van der Waals surface area contributed by atoms with Gasteiger partial charge in [-0.25, -0.2) is 4.98 Å². The maximum absolute atomic E-state index is 12.8. The van der Waals surface area contributed by atoms with E-state index in [1.54, 1.807) is 24.3 Å². The molecule has 7 heteroatoms. The molecule has 1 aromatic carbocycles. The number of fused-ring (bicyclic) bond motifs is 1. The molecular weight excluding hydrogens is 370 g/mol. The summed E-state index contributed by atoms with van der Waals surface area (Å²) in [5.41, 5.74) is 0.397. The minimum Gasteiger partial charge on any atom is -0.352 e. The molecule has 1 heterocycles. The first kappa shape index (κ1) is 19.0. The van der Waals surface area contributed by atoms with Gasteiger partial charge in [-0.3, -0.25) is 14.2 Å². The smallest absolute Gasteiger partial charge is 0.262 e. The van der Waals surface area contributed by atoms with E-state index in [2.05, 4.69) is 16.9 Å². The summed E-state index contributed by atoms with van der Waals surface area (Å²) in [5, 5.41) is 4.22. The summed E-state index contributed by atoms with van der Waals surface area (Å²) >= 11 is 7.31. The summed E-state index contributed by atoms with van der Waals surface area (Å²) < 4.78 is 1.54. The maximum Gasteiger partial charge on any atom is 0.262 e. The van der Waals surface area contributed by atoms with Crippen LogP contribution in [0.2, 0.25) is 5.02 Å². The van der Waals surface area contributed by atoms with E-state index in [-0.39, 0.29) is 22.8 Å². The quantitative estimate of drug-likeness (QED) is 0.462. The highest BCUT2D eigenvalue weighted by Crippen LogP contribution is 2.25. The van der Waals surface area contributed by atoms with Crippen molar-refractivity contribution in [3.05, 3.63) is 46.2 Å². The zero-order valence-corrected chi connectivity index (χ0v) is 16.3. The maximum atomic E-state index is 12.8. The topological polar surface area (TPSA) is 64.0 Å². The summed E-state index contributed by atoms with van der Waals surface area (Å²) in [7, 11) is 0. The minimum absolute atomic E-state index is 0.0162. The third-order valence-corrected chi connectivity index (χ3v) is 5.87. The second kappa shape index (κ2) is 8.27. The Morgan fingerprint density at radius 2 is 2.23 bits per heavy atom. The summed E-state index contributed by atoms with van der Waals surface area (Å²) in [6.07, 6.45) is 6.06. The lowest BCUT2D eigenvalue weighted by Gasteiger charge is -2.18. The Bertz CT molecular complexity index is 890. The van der Waals surface area contributed by atoms with Gasteiger partial charge in [0.2, 0.25) is 5.91 Å². The number of thioether (sulfide) groups is 1. The predicted molar refractivity (Wildman–Crippen MR) is 107 cm³/mol. The molecule has 1 aromatic heterocycles. The van der Waals surface area contributed by atoms with Crippen molar-refractivity contribution in [3.63, 3.8) is 0 Å². The predicted octanol–water partition coefficient (Wildman–Crippen LogP) is 3.78. The summed E-state index contributed by atoms with van der Waals surface area (Å²) in [6.45, 7) is 5.88. The highest BCUT2D eigenvalue weighted by molar-refractivity contribution is 8.00. The number of rotatable bonds is 6. The van der Waals surface area contributed by atoms with Crippen LogP contribution in [-0.4, -0.2) is 26.8 Å². The number of aromatic nitrogens is 2. The van der Waals surface area contributed by atoms with Crippen LogP contribution in [0, 0.1) is 0 Å². The molecule has 0 radical (unpaired) electrons. The number of carbonyl (C=O) groups excluding carboxylic acids is 1. The first-order chi connectivity index (χ1) is 12.5. The number of halogens is 1. The van der Waals surface area contributed by atoms with E-state index in [1.165, 1.54) is 29.2 Å². The van der Waals surface area contributed by atoms with E-state index < -0.39 is 0 Å². The largest absolute Gasteiger partial charge is 0.352 e. The number of hydrogen-bond acceptors (Lipinski definition) is 4. The number of nitrogens with zero attached hydrogens (tertiary/aromatic N) is 2. The average molecular weight is 392 g/mol. The van der Waals surface area contributed by atoms with Crippen LogP contribution in [0.4, 0.5) is 0 Å². The number of allylic oxidation sites excluding steroid dienone is 1. The van der Waals surface area contributed by atoms with Crippen molar-refractivity contribution in [1.29, 1.82) is 0 Å². The van der Waals surface area contributed by atoms with Crippen LogP contribution in [0.25, 0.3) is 10.9 Å². The second-order valence-electron chi connectivity index (χ2n) is 6.51. The van der Waals surface area contributed by atoms with E-state index in [9.17, 15) is 9.59 Å². The van der Waals surface area contributed by atoms with Gasteiger partial charge >= 0.3 is 0 Å². The molecule has 3 rings (SSSR count).